The highest BCUT2D eigenvalue weighted by Gasteiger charge is 2.49. The van der Waals surface area contributed by atoms with Crippen LogP contribution in [0.4, 0.5) is 8.78 Å². The Hall–Kier alpha value is -3.88. The van der Waals surface area contributed by atoms with Crippen molar-refractivity contribution in [3.63, 3.8) is 0 Å². The second kappa shape index (κ2) is 8.10. The van der Waals surface area contributed by atoms with Crippen LogP contribution in [-0.4, -0.2) is 47.1 Å². The maximum absolute atomic E-state index is 14.6. The van der Waals surface area contributed by atoms with Gasteiger partial charge in [0.1, 0.15) is 31.2 Å². The Morgan fingerprint density at radius 3 is 2.39 bits per heavy atom. The van der Waals surface area contributed by atoms with Crippen molar-refractivity contribution in [2.75, 3.05) is 20.3 Å². The predicted octanol–water partition coefficient (Wildman–Crippen LogP) is 2.66. The molecular weight excluding hydrogens is 404 g/mol. The summed E-state index contributed by atoms with van der Waals surface area (Å²) in [5, 5.41) is 0. The number of benzene rings is 2. The van der Waals surface area contributed by atoms with Crippen LogP contribution < -0.4 is 10.5 Å². The number of aliphatic imine (C=N–C) groups is 1. The average Bonchev–Trinajstić information content (AvgIpc) is 3.03. The van der Waals surface area contributed by atoms with Gasteiger partial charge < -0.3 is 10.5 Å². The molecular formula is C22H19F2N5O2. The van der Waals surface area contributed by atoms with Gasteiger partial charge in [-0.2, -0.15) is 0 Å². The van der Waals surface area contributed by atoms with Gasteiger partial charge in [0.25, 0.3) is 5.91 Å². The van der Waals surface area contributed by atoms with Crippen LogP contribution in [-0.2, 0) is 10.3 Å². The van der Waals surface area contributed by atoms with Crippen LogP contribution in [0.25, 0.3) is 11.1 Å². The second-order valence-corrected chi connectivity index (χ2v) is 6.93. The molecule has 0 fully saturated rings. The van der Waals surface area contributed by atoms with E-state index in [2.05, 4.69) is 15.0 Å². The summed E-state index contributed by atoms with van der Waals surface area (Å²) in [6, 6.07) is 10.9. The van der Waals surface area contributed by atoms with Crippen molar-refractivity contribution in [1.29, 1.82) is 0 Å². The summed E-state index contributed by atoms with van der Waals surface area (Å²) in [7, 11) is 1.52. The van der Waals surface area contributed by atoms with Gasteiger partial charge in [-0.1, -0.05) is 18.2 Å². The molecule has 0 radical (unpaired) electrons. The Kier molecular flexibility index (Phi) is 5.33. The number of aromatic nitrogens is 2. The van der Waals surface area contributed by atoms with Crippen LogP contribution in [0.3, 0.4) is 0 Å². The largest absolute Gasteiger partial charge is 0.491 e. The molecule has 0 spiro atoms. The smallest absolute Gasteiger partial charge is 0.266 e. The monoisotopic (exact) mass is 423 g/mol. The lowest BCUT2D eigenvalue weighted by molar-refractivity contribution is -0.129. The van der Waals surface area contributed by atoms with Crippen LogP contribution in [0.5, 0.6) is 5.75 Å². The second-order valence-electron chi connectivity index (χ2n) is 6.93. The SMILES string of the molecule is CN1C(=O)[C@@](c2ccc(OCCF)cc2)(c2ccc(F)c(-c3cncnc3)c2)N=C1N. The maximum atomic E-state index is 14.6. The molecule has 4 rings (SSSR count). The summed E-state index contributed by atoms with van der Waals surface area (Å²) in [4.78, 5) is 27.0. The van der Waals surface area contributed by atoms with Crippen LogP contribution in [0, 0.1) is 5.82 Å². The highest BCUT2D eigenvalue weighted by molar-refractivity contribution is 6.09. The Morgan fingerprint density at radius 1 is 1.10 bits per heavy atom. The number of alkyl halides is 1. The fraction of sp³-hybridized carbons (Fsp3) is 0.182. The quantitative estimate of drug-likeness (QED) is 0.658. The van der Waals surface area contributed by atoms with E-state index in [1.165, 1.54) is 42.8 Å². The normalized spacial score (nSPS) is 18.2. The molecule has 1 aliphatic rings. The van der Waals surface area contributed by atoms with E-state index in [9.17, 15) is 13.6 Å². The third kappa shape index (κ3) is 3.48. The fourth-order valence-corrected chi connectivity index (χ4v) is 3.54. The number of carbonyl (C=O) groups is 1. The summed E-state index contributed by atoms with van der Waals surface area (Å²) >= 11 is 0. The number of hydrogen-bond donors (Lipinski definition) is 1. The zero-order valence-corrected chi connectivity index (χ0v) is 16.6. The molecule has 3 aromatic rings. The Bertz CT molecular complexity index is 1140. The van der Waals surface area contributed by atoms with Gasteiger partial charge in [-0.25, -0.2) is 23.7 Å². The third-order valence-corrected chi connectivity index (χ3v) is 5.11. The molecule has 1 aromatic heterocycles. The van der Waals surface area contributed by atoms with E-state index in [4.69, 9.17) is 10.5 Å². The lowest BCUT2D eigenvalue weighted by atomic mass is 9.81. The number of nitrogens with two attached hydrogens (primary N) is 1. The van der Waals surface area contributed by atoms with E-state index in [-0.39, 0.29) is 24.0 Å². The van der Waals surface area contributed by atoms with Crippen molar-refractivity contribution in [3.8, 4) is 16.9 Å². The molecule has 2 heterocycles. The predicted molar refractivity (Wildman–Crippen MR) is 111 cm³/mol. The lowest BCUT2D eigenvalue weighted by Gasteiger charge is -2.27. The Morgan fingerprint density at radius 2 is 1.77 bits per heavy atom. The summed E-state index contributed by atoms with van der Waals surface area (Å²) in [6.45, 7) is -0.685. The number of hydrogen-bond acceptors (Lipinski definition) is 6. The molecule has 31 heavy (non-hydrogen) atoms. The van der Waals surface area contributed by atoms with Crippen LogP contribution >= 0.6 is 0 Å². The molecule has 1 amide bonds. The first kappa shape index (κ1) is 20.4. The highest BCUT2D eigenvalue weighted by atomic mass is 19.1. The molecule has 158 valence electrons. The van der Waals surface area contributed by atoms with Crippen molar-refractivity contribution in [2.45, 2.75) is 5.54 Å². The van der Waals surface area contributed by atoms with Crippen LogP contribution in [0.1, 0.15) is 11.1 Å². The van der Waals surface area contributed by atoms with Gasteiger partial charge in [-0.15, -0.1) is 0 Å². The molecule has 2 aromatic carbocycles. The number of carbonyl (C=O) groups excluding carboxylic acids is 1. The lowest BCUT2D eigenvalue weighted by Crippen LogP contribution is -2.41. The summed E-state index contributed by atoms with van der Waals surface area (Å²) in [5.74, 6) is -0.381. The number of halogens is 2. The molecule has 1 aliphatic heterocycles. The summed E-state index contributed by atoms with van der Waals surface area (Å²) < 4.78 is 32.3. The standard InChI is InChI=1S/C22H19F2N5O2/c1-29-20(30)22(28-21(29)25,15-2-5-17(6-3-15)31-9-8-23)16-4-7-19(24)18(10-16)14-11-26-13-27-12-14/h2-7,10-13H,8-9H2,1H3,(H2,25,28)/t22-/m1/s1. The van der Waals surface area contributed by atoms with E-state index < -0.39 is 18.0 Å². The number of rotatable bonds is 6. The minimum absolute atomic E-state index is 0.0386. The van der Waals surface area contributed by atoms with Gasteiger partial charge in [0, 0.05) is 30.6 Å². The number of amides is 1. The number of guanidine groups is 1. The van der Waals surface area contributed by atoms with E-state index in [0.717, 1.165) is 0 Å². The van der Waals surface area contributed by atoms with Gasteiger partial charge in [0.15, 0.2) is 11.5 Å². The zero-order chi connectivity index (χ0) is 22.0. The molecule has 0 aliphatic carbocycles. The van der Waals surface area contributed by atoms with E-state index in [1.807, 2.05) is 0 Å². The highest BCUT2D eigenvalue weighted by Crippen LogP contribution is 2.41. The van der Waals surface area contributed by atoms with Gasteiger partial charge in [-0.3, -0.25) is 9.69 Å². The molecule has 9 heteroatoms. The van der Waals surface area contributed by atoms with Gasteiger partial charge >= 0.3 is 0 Å². The first-order valence-electron chi connectivity index (χ1n) is 9.45. The summed E-state index contributed by atoms with van der Waals surface area (Å²) in [5.41, 5.74) is 6.12. The van der Waals surface area contributed by atoms with Crippen molar-refractivity contribution >= 4 is 11.9 Å². The molecule has 0 saturated carbocycles. The number of nitrogens with zero attached hydrogens (tertiary/aromatic N) is 4. The van der Waals surface area contributed by atoms with E-state index >= 15 is 0 Å². The van der Waals surface area contributed by atoms with Crippen molar-refractivity contribution in [2.24, 2.45) is 10.7 Å². The minimum atomic E-state index is -1.50. The molecule has 0 saturated heterocycles. The molecule has 0 unspecified atom stereocenters. The third-order valence-electron chi connectivity index (χ3n) is 5.11. The molecule has 2 N–H and O–H groups in total. The average molecular weight is 423 g/mol. The van der Waals surface area contributed by atoms with Crippen molar-refractivity contribution in [3.05, 3.63) is 78.1 Å². The summed E-state index contributed by atoms with van der Waals surface area (Å²) in [6.07, 6.45) is 4.32. The Balaban J connectivity index is 1.87. The van der Waals surface area contributed by atoms with E-state index in [1.54, 1.807) is 30.3 Å². The Labute approximate surface area is 177 Å². The first-order chi connectivity index (χ1) is 15.0. The van der Waals surface area contributed by atoms with Gasteiger partial charge in [0.2, 0.25) is 0 Å². The first-order valence-corrected chi connectivity index (χ1v) is 9.45. The molecule has 1 atom stereocenters. The number of likely N-dealkylation sites (N-methyl/N-ethyl adjacent to an activating group) is 1. The fourth-order valence-electron chi connectivity index (χ4n) is 3.54. The van der Waals surface area contributed by atoms with Crippen molar-refractivity contribution < 1.29 is 18.3 Å². The molecule has 7 nitrogen and oxygen atoms in total. The molecule has 0 bridgehead atoms. The van der Waals surface area contributed by atoms with Gasteiger partial charge in [-0.05, 0) is 35.4 Å². The number of ether oxygens (including phenoxy) is 1. The van der Waals surface area contributed by atoms with Crippen LogP contribution in [0.2, 0.25) is 0 Å². The zero-order valence-electron chi connectivity index (χ0n) is 16.6. The van der Waals surface area contributed by atoms with Gasteiger partial charge in [0.05, 0.1) is 0 Å². The van der Waals surface area contributed by atoms with E-state index in [0.29, 0.717) is 22.4 Å². The maximum Gasteiger partial charge on any atom is 0.266 e. The van der Waals surface area contributed by atoms with Crippen molar-refractivity contribution in [1.82, 2.24) is 14.9 Å². The minimum Gasteiger partial charge on any atom is -0.491 e. The topological polar surface area (TPSA) is 93.7 Å². The van der Waals surface area contributed by atoms with Crippen LogP contribution in [0.15, 0.2) is 66.2 Å².